The van der Waals surface area contributed by atoms with Crippen LogP contribution in [-0.2, 0) is 27.1 Å². The number of ether oxygens (including phenoxy) is 3. The molecule has 0 aliphatic carbocycles. The minimum absolute atomic E-state index is 0.0792. The number of pyridine rings is 1. The molecular formula is C28H33N3O7. The lowest BCUT2D eigenvalue weighted by molar-refractivity contribution is -0.167. The van der Waals surface area contributed by atoms with Crippen LogP contribution in [0.1, 0.15) is 43.6 Å². The summed E-state index contributed by atoms with van der Waals surface area (Å²) in [6.07, 6.45) is 2.56. The molecule has 2 aliphatic heterocycles. The topological polar surface area (TPSA) is 149 Å². The van der Waals surface area contributed by atoms with Gasteiger partial charge in [0.2, 0.25) is 0 Å². The molecule has 5 rings (SSSR count). The van der Waals surface area contributed by atoms with Crippen LogP contribution in [-0.4, -0.2) is 53.1 Å². The number of nitrogens with two attached hydrogens (primary N) is 1. The minimum Gasteiger partial charge on any atom is -0.507 e. The Hall–Kier alpha value is -3.63. The van der Waals surface area contributed by atoms with Crippen LogP contribution in [0.2, 0.25) is 0 Å². The summed E-state index contributed by atoms with van der Waals surface area (Å²) >= 11 is 0. The molecule has 1 saturated heterocycles. The van der Waals surface area contributed by atoms with Crippen molar-refractivity contribution in [1.29, 1.82) is 0 Å². The van der Waals surface area contributed by atoms with Gasteiger partial charge in [0, 0.05) is 36.7 Å². The monoisotopic (exact) mass is 523 g/mol. The summed E-state index contributed by atoms with van der Waals surface area (Å²) in [4.78, 5) is 30.2. The first-order chi connectivity index (χ1) is 18.0. The Morgan fingerprint density at radius 1 is 1.32 bits per heavy atom. The number of carbonyl (C=O) groups is 1. The third-order valence-corrected chi connectivity index (χ3v) is 7.42. The average Bonchev–Trinajstić information content (AvgIpc) is 3.56. The molecule has 1 fully saturated rings. The van der Waals surface area contributed by atoms with Gasteiger partial charge in [0.25, 0.3) is 0 Å². The maximum atomic E-state index is 13.6. The number of rotatable bonds is 8. The molecule has 38 heavy (non-hydrogen) atoms. The maximum Gasteiger partial charge on any atom is 0.341 e. The Morgan fingerprint density at radius 2 is 2.11 bits per heavy atom. The van der Waals surface area contributed by atoms with Crippen LogP contribution in [0.25, 0.3) is 11.0 Å². The average molecular weight is 524 g/mol. The first kappa shape index (κ1) is 26.0. The Balaban J connectivity index is 1.37. The number of nitrogens with one attached hydrogen (secondary N) is 1. The number of aromatic hydroxyl groups is 1. The number of aromatic nitrogens is 1. The maximum absolute atomic E-state index is 13.6. The van der Waals surface area contributed by atoms with Crippen LogP contribution in [0.15, 0.2) is 39.7 Å². The molecule has 2 aliphatic rings. The van der Waals surface area contributed by atoms with E-state index in [1.54, 1.807) is 19.2 Å². The smallest absolute Gasteiger partial charge is 0.341 e. The lowest BCUT2D eigenvalue weighted by Gasteiger charge is -2.39. The number of benzene rings is 1. The molecule has 1 aromatic carbocycles. The van der Waals surface area contributed by atoms with Crippen LogP contribution >= 0.6 is 0 Å². The number of esters is 1. The molecule has 0 radical (unpaired) electrons. The highest BCUT2D eigenvalue weighted by Crippen LogP contribution is 2.46. The third kappa shape index (κ3) is 4.69. The largest absolute Gasteiger partial charge is 0.507 e. The Bertz CT molecular complexity index is 1450. The molecule has 4 heterocycles. The number of hydrogen-bond acceptors (Lipinski definition) is 10. The number of nitrogens with zero attached hydrogens (tertiary/aromatic N) is 1. The Labute approximate surface area is 220 Å². The molecule has 202 valence electrons. The molecule has 10 nitrogen and oxygen atoms in total. The quantitative estimate of drug-likeness (QED) is 0.297. The van der Waals surface area contributed by atoms with E-state index in [4.69, 9.17) is 24.4 Å². The normalized spacial score (nSPS) is 23.5. The van der Waals surface area contributed by atoms with Crippen LogP contribution in [0.4, 0.5) is 5.82 Å². The molecule has 0 saturated carbocycles. The van der Waals surface area contributed by atoms with Gasteiger partial charge in [0.1, 0.15) is 45.8 Å². The zero-order valence-corrected chi connectivity index (χ0v) is 22.0. The molecule has 0 spiro atoms. The highest BCUT2D eigenvalue weighted by Gasteiger charge is 2.63. The van der Waals surface area contributed by atoms with Crippen LogP contribution in [0.5, 0.6) is 11.5 Å². The fourth-order valence-corrected chi connectivity index (χ4v) is 5.19. The van der Waals surface area contributed by atoms with Gasteiger partial charge in [0.05, 0.1) is 6.10 Å². The van der Waals surface area contributed by atoms with E-state index in [0.717, 1.165) is 5.56 Å². The number of anilines is 1. The van der Waals surface area contributed by atoms with Gasteiger partial charge in [-0.3, -0.25) is 4.79 Å². The van der Waals surface area contributed by atoms with E-state index in [1.165, 1.54) is 6.07 Å². The number of aryl methyl sites for hydroxylation is 2. The van der Waals surface area contributed by atoms with Gasteiger partial charge in [-0.25, -0.2) is 9.78 Å². The Morgan fingerprint density at radius 3 is 2.84 bits per heavy atom. The van der Waals surface area contributed by atoms with Crippen molar-refractivity contribution >= 4 is 22.8 Å². The summed E-state index contributed by atoms with van der Waals surface area (Å²) in [6.45, 7) is 5.88. The number of phenols is 1. The zero-order valence-electron chi connectivity index (χ0n) is 22.0. The molecule has 2 aromatic heterocycles. The van der Waals surface area contributed by atoms with E-state index in [1.807, 2.05) is 33.0 Å². The first-order valence-corrected chi connectivity index (χ1v) is 12.8. The van der Waals surface area contributed by atoms with E-state index >= 15 is 0 Å². The van der Waals surface area contributed by atoms with Crippen LogP contribution < -0.4 is 21.2 Å². The van der Waals surface area contributed by atoms with Crippen molar-refractivity contribution in [1.82, 2.24) is 10.3 Å². The summed E-state index contributed by atoms with van der Waals surface area (Å²) in [7, 11) is 1.82. The van der Waals surface area contributed by atoms with Gasteiger partial charge in [-0.1, -0.05) is 0 Å². The molecule has 0 bridgehead atoms. The highest BCUT2D eigenvalue weighted by atomic mass is 16.7. The van der Waals surface area contributed by atoms with Crippen molar-refractivity contribution in [3.8, 4) is 11.5 Å². The Kier molecular flexibility index (Phi) is 6.56. The second-order valence-corrected chi connectivity index (χ2v) is 10.6. The van der Waals surface area contributed by atoms with E-state index in [0.29, 0.717) is 48.7 Å². The predicted octanol–water partition coefficient (Wildman–Crippen LogP) is 2.79. The SMILES string of the molecule is CNCC[C@@]1(C(=O)O[C@@H]2Cc3c(cc4oc(C)cc(=O)c4c3O)OC2(C)C)O[C@@H]1CCc1ccnc(N)c1. The van der Waals surface area contributed by atoms with Crippen molar-refractivity contribution in [2.45, 2.75) is 69.9 Å². The summed E-state index contributed by atoms with van der Waals surface area (Å²) in [5.74, 6) is 0.589. The van der Waals surface area contributed by atoms with Crippen LogP contribution in [0.3, 0.4) is 0 Å². The van der Waals surface area contributed by atoms with Crippen molar-refractivity contribution in [2.75, 3.05) is 19.3 Å². The van der Waals surface area contributed by atoms with Crippen molar-refractivity contribution in [3.63, 3.8) is 0 Å². The van der Waals surface area contributed by atoms with Gasteiger partial charge >= 0.3 is 5.97 Å². The summed E-state index contributed by atoms with van der Waals surface area (Å²) in [5, 5.41) is 14.1. The molecule has 10 heteroatoms. The van der Waals surface area contributed by atoms with Crippen LogP contribution in [0, 0.1) is 6.92 Å². The molecule has 4 N–H and O–H groups in total. The predicted molar refractivity (Wildman–Crippen MR) is 140 cm³/mol. The van der Waals surface area contributed by atoms with E-state index in [9.17, 15) is 14.7 Å². The number of nitrogen functional groups attached to an aromatic ring is 1. The lowest BCUT2D eigenvalue weighted by atomic mass is 9.89. The number of hydrogen-bond donors (Lipinski definition) is 3. The van der Waals surface area contributed by atoms with Gasteiger partial charge in [-0.05, 0) is 64.9 Å². The molecule has 3 atom stereocenters. The van der Waals surface area contributed by atoms with Crippen molar-refractivity contribution in [2.24, 2.45) is 0 Å². The number of phenolic OH excluding ortho intramolecular Hbond substituents is 1. The molecular weight excluding hydrogens is 490 g/mol. The molecule has 0 amide bonds. The standard InChI is InChI=1S/C28H33N3O7/c1-15-11-18(32)24-20(35-15)14-19-17(25(24)33)13-22(27(2,3)37-19)36-26(34)28(8-10-30-4)21(38-28)6-5-16-7-9-31-23(29)12-16/h7,9,11-12,14,21-22,30,33H,5-6,8,10,13H2,1-4H3,(H2,29,31)/t21-,22-,28-/m1/s1. The molecule has 3 aromatic rings. The summed E-state index contributed by atoms with van der Waals surface area (Å²) in [6, 6.07) is 6.64. The van der Waals surface area contributed by atoms with Crippen molar-refractivity contribution < 1.29 is 28.5 Å². The van der Waals surface area contributed by atoms with Gasteiger partial charge in [-0.2, -0.15) is 0 Å². The second kappa shape index (κ2) is 9.59. The van der Waals surface area contributed by atoms with E-state index < -0.39 is 23.3 Å². The van der Waals surface area contributed by atoms with E-state index in [-0.39, 0.29) is 34.7 Å². The van der Waals surface area contributed by atoms with Crippen molar-refractivity contribution in [3.05, 3.63) is 57.6 Å². The van der Waals surface area contributed by atoms with E-state index in [2.05, 4.69) is 10.3 Å². The summed E-state index contributed by atoms with van der Waals surface area (Å²) in [5.41, 5.74) is 5.13. The summed E-state index contributed by atoms with van der Waals surface area (Å²) < 4.78 is 23.9. The lowest BCUT2D eigenvalue weighted by Crippen LogP contribution is -2.50. The number of fused-ring (bicyclic) bond motifs is 2. The minimum atomic E-state index is -1.07. The number of carbonyl (C=O) groups excluding carboxylic acids is 1. The number of epoxide rings is 1. The van der Waals surface area contributed by atoms with Gasteiger partial charge < -0.3 is 34.8 Å². The highest BCUT2D eigenvalue weighted by molar-refractivity contribution is 5.87. The second-order valence-electron chi connectivity index (χ2n) is 10.6. The van der Waals surface area contributed by atoms with Gasteiger partial charge in [-0.15, -0.1) is 0 Å². The van der Waals surface area contributed by atoms with Gasteiger partial charge in [0.15, 0.2) is 11.0 Å². The third-order valence-electron chi connectivity index (χ3n) is 7.42. The zero-order chi connectivity index (χ0) is 27.2. The molecule has 0 unspecified atom stereocenters. The fraction of sp³-hybridized carbons (Fsp3) is 0.464. The first-order valence-electron chi connectivity index (χ1n) is 12.8. The fourth-order valence-electron chi connectivity index (χ4n) is 5.19.